The van der Waals surface area contributed by atoms with Gasteiger partial charge in [-0.2, -0.15) is 0 Å². The highest BCUT2D eigenvalue weighted by Gasteiger charge is 2.32. The average molecular weight is 246 g/mol. The Balaban J connectivity index is 2.22. The molecule has 98 valence electrons. The summed E-state index contributed by atoms with van der Waals surface area (Å²) in [6.07, 6.45) is 0.538. The zero-order valence-electron chi connectivity index (χ0n) is 11.7. The number of nitrogens with zero attached hydrogens (tertiary/aromatic N) is 1. The second-order valence-corrected chi connectivity index (χ2v) is 6.02. The maximum absolute atomic E-state index is 12.1. The highest BCUT2D eigenvalue weighted by molar-refractivity contribution is 6.01. The quantitative estimate of drug-likeness (QED) is 0.887. The van der Waals surface area contributed by atoms with Crippen molar-refractivity contribution in [2.24, 2.45) is 5.41 Å². The van der Waals surface area contributed by atoms with Gasteiger partial charge in [0.05, 0.1) is 6.42 Å². The minimum atomic E-state index is 0.132. The minimum Gasteiger partial charge on any atom is -0.315 e. The topological polar surface area (TPSA) is 32.3 Å². The summed E-state index contributed by atoms with van der Waals surface area (Å²) in [7, 11) is 1.96. The SMILES string of the molecule is CNC(CN1C(=O)Cc2ccccc21)C(C)(C)C. The van der Waals surface area contributed by atoms with Crippen molar-refractivity contribution in [1.29, 1.82) is 0 Å². The van der Waals surface area contributed by atoms with Gasteiger partial charge < -0.3 is 10.2 Å². The molecule has 1 aromatic carbocycles. The van der Waals surface area contributed by atoms with Crippen molar-refractivity contribution in [3.8, 4) is 0 Å². The van der Waals surface area contributed by atoms with Crippen LogP contribution in [0.25, 0.3) is 0 Å². The fourth-order valence-electron chi connectivity index (χ4n) is 2.50. The molecule has 0 spiro atoms. The summed E-state index contributed by atoms with van der Waals surface area (Å²) in [4.78, 5) is 14.0. The first-order chi connectivity index (χ1) is 8.43. The van der Waals surface area contributed by atoms with E-state index < -0.39 is 0 Å². The van der Waals surface area contributed by atoms with E-state index in [1.165, 1.54) is 0 Å². The molecular weight excluding hydrogens is 224 g/mol. The fourth-order valence-corrected chi connectivity index (χ4v) is 2.50. The van der Waals surface area contributed by atoms with Crippen LogP contribution < -0.4 is 10.2 Å². The second-order valence-electron chi connectivity index (χ2n) is 6.02. The van der Waals surface area contributed by atoms with Gasteiger partial charge in [-0.25, -0.2) is 0 Å². The normalized spacial score (nSPS) is 16.9. The van der Waals surface area contributed by atoms with Crippen LogP contribution in [0.4, 0.5) is 5.69 Å². The number of fused-ring (bicyclic) bond motifs is 1. The van der Waals surface area contributed by atoms with Crippen molar-refractivity contribution < 1.29 is 4.79 Å². The first kappa shape index (κ1) is 13.1. The standard InChI is InChI=1S/C15H22N2O/c1-15(2,3)13(16-4)10-17-12-8-6-5-7-11(12)9-14(17)18/h5-8,13,16H,9-10H2,1-4H3. The molecule has 0 aromatic heterocycles. The number of hydrogen-bond donors (Lipinski definition) is 1. The van der Waals surface area contributed by atoms with Gasteiger partial charge in [0.15, 0.2) is 0 Å². The summed E-state index contributed by atoms with van der Waals surface area (Å²) in [6, 6.07) is 8.35. The maximum Gasteiger partial charge on any atom is 0.231 e. The van der Waals surface area contributed by atoms with E-state index in [0.29, 0.717) is 6.42 Å². The summed E-state index contributed by atoms with van der Waals surface area (Å²) in [5.74, 6) is 0.209. The molecule has 1 aromatic rings. The molecule has 1 aliphatic rings. The molecule has 1 atom stereocenters. The highest BCUT2D eigenvalue weighted by Crippen LogP contribution is 2.30. The number of nitrogens with one attached hydrogen (secondary N) is 1. The second kappa shape index (κ2) is 4.73. The molecule has 1 heterocycles. The first-order valence-corrected chi connectivity index (χ1v) is 6.49. The molecule has 3 heteroatoms. The average Bonchev–Trinajstić information content (AvgIpc) is 2.60. The van der Waals surface area contributed by atoms with Crippen molar-refractivity contribution >= 4 is 11.6 Å². The third-order valence-electron chi connectivity index (χ3n) is 3.68. The number of rotatable bonds is 3. The van der Waals surface area contributed by atoms with Crippen molar-refractivity contribution in [3.05, 3.63) is 29.8 Å². The number of para-hydroxylation sites is 1. The van der Waals surface area contributed by atoms with Crippen LogP contribution >= 0.6 is 0 Å². The number of carbonyl (C=O) groups excluding carboxylic acids is 1. The van der Waals surface area contributed by atoms with Crippen molar-refractivity contribution in [2.75, 3.05) is 18.5 Å². The number of benzene rings is 1. The molecule has 1 unspecified atom stereocenters. The van der Waals surface area contributed by atoms with Gasteiger partial charge in [0.25, 0.3) is 0 Å². The molecule has 1 N–H and O–H groups in total. The maximum atomic E-state index is 12.1. The van der Waals surface area contributed by atoms with Crippen LogP contribution in [0.2, 0.25) is 0 Å². The Morgan fingerprint density at radius 3 is 2.61 bits per heavy atom. The Morgan fingerprint density at radius 1 is 1.33 bits per heavy atom. The summed E-state index contributed by atoms with van der Waals surface area (Å²) in [5.41, 5.74) is 2.35. The lowest BCUT2D eigenvalue weighted by molar-refractivity contribution is -0.117. The molecule has 2 rings (SSSR count). The lowest BCUT2D eigenvalue weighted by Gasteiger charge is -2.34. The van der Waals surface area contributed by atoms with Gasteiger partial charge in [-0.15, -0.1) is 0 Å². The summed E-state index contributed by atoms with van der Waals surface area (Å²) in [6.45, 7) is 7.32. The Bertz CT molecular complexity index is 448. The number of anilines is 1. The van der Waals surface area contributed by atoms with Crippen LogP contribution in [0.5, 0.6) is 0 Å². The molecule has 0 fully saturated rings. The van der Waals surface area contributed by atoms with Gasteiger partial charge in [-0.3, -0.25) is 4.79 Å². The van der Waals surface area contributed by atoms with Gasteiger partial charge in [0.2, 0.25) is 5.91 Å². The van der Waals surface area contributed by atoms with E-state index in [-0.39, 0.29) is 17.4 Å². The Morgan fingerprint density at radius 2 is 2.00 bits per heavy atom. The van der Waals surface area contributed by atoms with E-state index >= 15 is 0 Å². The number of hydrogen-bond acceptors (Lipinski definition) is 2. The largest absolute Gasteiger partial charge is 0.315 e. The number of amides is 1. The Labute approximate surface area is 109 Å². The molecule has 0 radical (unpaired) electrons. The van der Waals surface area contributed by atoms with Gasteiger partial charge >= 0.3 is 0 Å². The van der Waals surface area contributed by atoms with Crippen LogP contribution in [-0.4, -0.2) is 25.5 Å². The third kappa shape index (κ3) is 2.41. The van der Waals surface area contributed by atoms with Crippen molar-refractivity contribution in [1.82, 2.24) is 5.32 Å². The summed E-state index contributed by atoms with van der Waals surface area (Å²) < 4.78 is 0. The van der Waals surface area contributed by atoms with E-state index in [4.69, 9.17) is 0 Å². The van der Waals surface area contributed by atoms with Crippen molar-refractivity contribution in [2.45, 2.75) is 33.2 Å². The summed E-state index contributed by atoms with van der Waals surface area (Å²) >= 11 is 0. The van der Waals surface area contributed by atoms with Crippen LogP contribution in [0.3, 0.4) is 0 Å². The molecule has 3 nitrogen and oxygen atoms in total. The molecular formula is C15H22N2O. The van der Waals surface area contributed by atoms with Crippen LogP contribution in [0.1, 0.15) is 26.3 Å². The van der Waals surface area contributed by atoms with E-state index in [9.17, 15) is 4.79 Å². The Kier molecular flexibility index (Phi) is 3.44. The lowest BCUT2D eigenvalue weighted by Crippen LogP contribution is -2.48. The highest BCUT2D eigenvalue weighted by atomic mass is 16.2. The Hall–Kier alpha value is -1.35. The molecule has 1 aliphatic heterocycles. The van der Waals surface area contributed by atoms with Crippen molar-refractivity contribution in [3.63, 3.8) is 0 Å². The number of carbonyl (C=O) groups is 1. The minimum absolute atomic E-state index is 0.132. The van der Waals surface area contributed by atoms with Gasteiger partial charge in [-0.1, -0.05) is 39.0 Å². The molecule has 0 aliphatic carbocycles. The predicted molar refractivity (Wildman–Crippen MR) is 74.8 cm³/mol. The van der Waals surface area contributed by atoms with E-state index in [1.807, 2.05) is 36.2 Å². The van der Waals surface area contributed by atoms with Crippen LogP contribution in [0.15, 0.2) is 24.3 Å². The first-order valence-electron chi connectivity index (χ1n) is 6.49. The van der Waals surface area contributed by atoms with Crippen LogP contribution in [0, 0.1) is 5.41 Å². The molecule has 0 saturated heterocycles. The zero-order valence-corrected chi connectivity index (χ0v) is 11.7. The third-order valence-corrected chi connectivity index (χ3v) is 3.68. The molecule has 1 amide bonds. The van der Waals surface area contributed by atoms with Gasteiger partial charge in [0.1, 0.15) is 0 Å². The van der Waals surface area contributed by atoms with E-state index in [2.05, 4.69) is 26.1 Å². The molecule has 0 saturated carbocycles. The predicted octanol–water partition coefficient (Wildman–Crippen LogP) is 2.21. The van der Waals surface area contributed by atoms with E-state index in [1.54, 1.807) is 0 Å². The molecule has 18 heavy (non-hydrogen) atoms. The monoisotopic (exact) mass is 246 g/mol. The summed E-state index contributed by atoms with van der Waals surface area (Å²) in [5, 5.41) is 3.33. The van der Waals surface area contributed by atoms with Gasteiger partial charge in [0, 0.05) is 18.3 Å². The van der Waals surface area contributed by atoms with Crippen LogP contribution in [-0.2, 0) is 11.2 Å². The zero-order chi connectivity index (χ0) is 13.3. The van der Waals surface area contributed by atoms with Gasteiger partial charge in [-0.05, 0) is 24.1 Å². The lowest BCUT2D eigenvalue weighted by atomic mass is 9.86. The number of likely N-dealkylation sites (N-methyl/N-ethyl adjacent to an activating group) is 1. The smallest absolute Gasteiger partial charge is 0.231 e. The fraction of sp³-hybridized carbons (Fsp3) is 0.533. The van der Waals surface area contributed by atoms with E-state index in [0.717, 1.165) is 17.8 Å². The molecule has 0 bridgehead atoms.